The maximum Gasteiger partial charge on any atom is 0.200 e. The Hall–Kier alpha value is -1.82. The molecule has 4 rings (SSSR count). The van der Waals surface area contributed by atoms with E-state index in [1.807, 2.05) is 13.8 Å². The van der Waals surface area contributed by atoms with E-state index in [0.717, 1.165) is 18.4 Å². The summed E-state index contributed by atoms with van der Waals surface area (Å²) < 4.78 is 6.49. The molecule has 1 aromatic carbocycles. The van der Waals surface area contributed by atoms with Gasteiger partial charge >= 0.3 is 0 Å². The maximum atomic E-state index is 14.2. The smallest absolute Gasteiger partial charge is 0.200 e. The summed E-state index contributed by atoms with van der Waals surface area (Å²) in [5, 5.41) is 20.2. The summed E-state index contributed by atoms with van der Waals surface area (Å²) in [4.78, 5) is 27.9. The van der Waals surface area contributed by atoms with Crippen molar-refractivity contribution in [3.05, 3.63) is 46.6 Å². The van der Waals surface area contributed by atoms with Crippen LogP contribution in [0.15, 0.2) is 29.9 Å². The third-order valence-electron chi connectivity index (χ3n) is 7.87. The van der Waals surface area contributed by atoms with Crippen molar-refractivity contribution < 1.29 is 24.5 Å². The molecule has 4 atom stereocenters. The summed E-state index contributed by atoms with van der Waals surface area (Å²) >= 11 is 13.3. The van der Waals surface area contributed by atoms with Crippen LogP contribution in [0.1, 0.15) is 73.2 Å². The van der Waals surface area contributed by atoms with Gasteiger partial charge in [-0.15, -0.1) is 23.2 Å². The molecule has 5 nitrogen and oxygen atoms in total. The lowest BCUT2D eigenvalue weighted by molar-refractivity contribution is -0.116. The highest BCUT2D eigenvalue weighted by Crippen LogP contribution is 2.55. The number of allylic oxidation sites excluding steroid dienone is 1. The molecule has 1 saturated carbocycles. The topological polar surface area (TPSA) is 83.8 Å². The second-order valence-electron chi connectivity index (χ2n) is 10.7. The highest BCUT2D eigenvalue weighted by atomic mass is 35.5. The SMILES string of the molecule is C=C1CCC(Cl)C(C)(C)C1CC12OC(C)(C)C(Cl)C=C1C(=O)c1c(cc(O)c(C)c1O)C2=O. The zero-order valence-corrected chi connectivity index (χ0v) is 21.1. The number of benzene rings is 1. The van der Waals surface area contributed by atoms with Gasteiger partial charge in [-0.1, -0.05) is 32.1 Å². The quantitative estimate of drug-likeness (QED) is 0.399. The first-order chi connectivity index (χ1) is 15.1. The van der Waals surface area contributed by atoms with Crippen molar-refractivity contribution in [2.45, 2.75) is 75.8 Å². The zero-order chi connectivity index (χ0) is 24.7. The van der Waals surface area contributed by atoms with E-state index < -0.39 is 39.3 Å². The number of rotatable bonds is 2. The molecular weight excluding hydrogens is 463 g/mol. The minimum atomic E-state index is -1.63. The van der Waals surface area contributed by atoms with Gasteiger partial charge in [0.05, 0.1) is 16.5 Å². The van der Waals surface area contributed by atoms with E-state index in [9.17, 15) is 19.8 Å². The van der Waals surface area contributed by atoms with Gasteiger partial charge in [-0.25, -0.2) is 0 Å². The van der Waals surface area contributed by atoms with Crippen molar-refractivity contribution in [3.63, 3.8) is 0 Å². The van der Waals surface area contributed by atoms with Gasteiger partial charge in [0.2, 0.25) is 0 Å². The number of hydrogen-bond donors (Lipinski definition) is 2. The minimum Gasteiger partial charge on any atom is -0.508 e. The van der Waals surface area contributed by atoms with Crippen LogP contribution in [0.4, 0.5) is 0 Å². The van der Waals surface area contributed by atoms with E-state index in [2.05, 4.69) is 6.58 Å². The molecule has 0 radical (unpaired) electrons. The molecule has 1 fully saturated rings. The second kappa shape index (κ2) is 7.59. The molecule has 2 N–H and O–H groups in total. The number of carbonyl (C=O) groups is 2. The van der Waals surface area contributed by atoms with E-state index in [1.54, 1.807) is 19.9 Å². The number of phenolic OH excluding ortho intramolecular Hbond substituents is 2. The van der Waals surface area contributed by atoms with E-state index >= 15 is 0 Å². The minimum absolute atomic E-state index is 0.0526. The van der Waals surface area contributed by atoms with Crippen LogP contribution >= 0.6 is 23.2 Å². The van der Waals surface area contributed by atoms with Crippen LogP contribution < -0.4 is 0 Å². The summed E-state index contributed by atoms with van der Waals surface area (Å²) in [5.41, 5.74) is -1.94. The van der Waals surface area contributed by atoms with Gasteiger partial charge in [0.15, 0.2) is 17.2 Å². The number of carbonyl (C=O) groups excluding carboxylic acids is 2. The highest BCUT2D eigenvalue weighted by Gasteiger charge is 2.60. The highest BCUT2D eigenvalue weighted by molar-refractivity contribution is 6.30. The third-order valence-corrected chi connectivity index (χ3v) is 9.30. The molecule has 4 unspecified atom stereocenters. The Balaban J connectivity index is 1.97. The standard InChI is InChI=1S/C26H30Cl2O5/c1-12-7-8-18(27)24(3,4)16(12)11-26-15(10-19(28)25(5,6)33-26)22(31)20-14(23(26)32)9-17(29)13(2)21(20)30/h9-10,16,18-19,29-30H,1,7-8,11H2,2-6H3. The average Bonchev–Trinajstić information content (AvgIpc) is 2.72. The molecule has 0 amide bonds. The second-order valence-corrected chi connectivity index (χ2v) is 11.7. The van der Waals surface area contributed by atoms with Gasteiger partial charge < -0.3 is 14.9 Å². The molecule has 1 heterocycles. The number of hydrogen-bond acceptors (Lipinski definition) is 5. The lowest BCUT2D eigenvalue weighted by Gasteiger charge is -2.52. The van der Waals surface area contributed by atoms with Crippen LogP contribution in [0.5, 0.6) is 11.5 Å². The normalized spacial score (nSPS) is 32.8. The Morgan fingerprint density at radius 1 is 1.18 bits per heavy atom. The van der Waals surface area contributed by atoms with Gasteiger partial charge in [0.25, 0.3) is 0 Å². The number of alkyl halides is 2. The summed E-state index contributed by atoms with van der Waals surface area (Å²) in [5.74, 6) is -1.87. The summed E-state index contributed by atoms with van der Waals surface area (Å²) in [7, 11) is 0. The Morgan fingerprint density at radius 2 is 1.82 bits per heavy atom. The predicted octanol–water partition coefficient (Wildman–Crippen LogP) is 5.86. The van der Waals surface area contributed by atoms with E-state index in [0.29, 0.717) is 0 Å². The van der Waals surface area contributed by atoms with E-state index in [4.69, 9.17) is 27.9 Å². The maximum absolute atomic E-state index is 14.2. The molecule has 2 aliphatic carbocycles. The van der Waals surface area contributed by atoms with Crippen LogP contribution in [0, 0.1) is 18.3 Å². The Labute approximate surface area is 204 Å². The fraction of sp³-hybridized carbons (Fsp3) is 0.538. The predicted molar refractivity (Wildman–Crippen MR) is 129 cm³/mol. The Bertz CT molecular complexity index is 1120. The lowest BCUT2D eigenvalue weighted by Crippen LogP contribution is -2.60. The first-order valence-electron chi connectivity index (χ1n) is 11.2. The van der Waals surface area contributed by atoms with Gasteiger partial charge in [0.1, 0.15) is 11.5 Å². The number of aromatic hydroxyl groups is 2. The molecule has 178 valence electrons. The molecule has 0 aromatic heterocycles. The van der Waals surface area contributed by atoms with Gasteiger partial charge in [-0.05, 0) is 57.4 Å². The summed E-state index contributed by atoms with van der Waals surface area (Å²) in [6.07, 6.45) is 3.26. The van der Waals surface area contributed by atoms with E-state index in [-0.39, 0.29) is 45.7 Å². The lowest BCUT2D eigenvalue weighted by atomic mass is 9.59. The Morgan fingerprint density at radius 3 is 2.45 bits per heavy atom. The van der Waals surface area contributed by atoms with Gasteiger partial charge in [-0.2, -0.15) is 0 Å². The van der Waals surface area contributed by atoms with Gasteiger partial charge in [0, 0.05) is 22.1 Å². The van der Waals surface area contributed by atoms with Crippen LogP contribution in [0.3, 0.4) is 0 Å². The molecule has 1 aliphatic heterocycles. The van der Waals surface area contributed by atoms with Crippen LogP contribution in [-0.4, -0.2) is 43.7 Å². The van der Waals surface area contributed by atoms with Crippen LogP contribution in [-0.2, 0) is 4.74 Å². The number of phenols is 2. The van der Waals surface area contributed by atoms with Crippen LogP contribution in [0.2, 0.25) is 0 Å². The van der Waals surface area contributed by atoms with Crippen molar-refractivity contribution in [1.29, 1.82) is 0 Å². The fourth-order valence-corrected chi connectivity index (χ4v) is 5.96. The first kappa shape index (κ1) is 24.3. The average molecular weight is 493 g/mol. The molecule has 3 aliphatic rings. The number of ketones is 2. The number of Topliss-reactive ketones (excluding diaryl/α,β-unsaturated/α-hetero) is 2. The van der Waals surface area contributed by atoms with Crippen molar-refractivity contribution in [1.82, 2.24) is 0 Å². The summed E-state index contributed by atoms with van der Waals surface area (Å²) in [6.45, 7) is 13.4. The molecule has 7 heteroatoms. The first-order valence-corrected chi connectivity index (χ1v) is 12.1. The molecule has 1 aromatic rings. The largest absolute Gasteiger partial charge is 0.508 e. The third kappa shape index (κ3) is 3.38. The molecular formula is C26H30Cl2O5. The number of ether oxygens (including phenoxy) is 1. The number of fused-ring (bicyclic) bond motifs is 2. The van der Waals surface area contributed by atoms with Crippen molar-refractivity contribution in [2.75, 3.05) is 0 Å². The Kier molecular flexibility index (Phi) is 5.59. The van der Waals surface area contributed by atoms with Gasteiger partial charge in [-0.3, -0.25) is 9.59 Å². The van der Waals surface area contributed by atoms with Crippen molar-refractivity contribution >= 4 is 34.8 Å². The molecule has 0 bridgehead atoms. The molecule has 0 saturated heterocycles. The zero-order valence-electron chi connectivity index (χ0n) is 19.6. The van der Waals surface area contributed by atoms with E-state index in [1.165, 1.54) is 13.0 Å². The number of halogens is 2. The molecule has 33 heavy (non-hydrogen) atoms. The van der Waals surface area contributed by atoms with Crippen molar-refractivity contribution in [3.8, 4) is 11.5 Å². The summed E-state index contributed by atoms with van der Waals surface area (Å²) in [6, 6.07) is 1.25. The van der Waals surface area contributed by atoms with Crippen molar-refractivity contribution in [2.24, 2.45) is 11.3 Å². The monoisotopic (exact) mass is 492 g/mol. The molecule has 0 spiro atoms. The fourth-order valence-electron chi connectivity index (χ4n) is 5.53. The van der Waals surface area contributed by atoms with Crippen LogP contribution in [0.25, 0.3) is 0 Å².